The van der Waals surface area contributed by atoms with E-state index in [2.05, 4.69) is 40.6 Å². The van der Waals surface area contributed by atoms with Gasteiger partial charge < -0.3 is 15.8 Å². The summed E-state index contributed by atoms with van der Waals surface area (Å²) in [6.45, 7) is 8.08. The zero-order chi connectivity index (χ0) is 26.4. The van der Waals surface area contributed by atoms with Gasteiger partial charge in [-0.1, -0.05) is 55.3 Å². The van der Waals surface area contributed by atoms with E-state index in [-0.39, 0.29) is 0 Å². The standard InChI is InChI=1S/C20H20N6OS.C4H5F3/c1-3-24-17(23)13-28-20-16(12-22)18(14-7-5-4-6-8-14)15(11-21)19(26-20)25-9-10-27-2;1-3(2)4(5,6)7/h3-8H,1,9-10,13H2,2H3,(H2,23,24)(H,25,26);1H2,2H3. The number of aromatic nitrogens is 1. The van der Waals surface area contributed by atoms with E-state index < -0.39 is 11.7 Å². The van der Waals surface area contributed by atoms with Crippen LogP contribution in [0.4, 0.5) is 19.0 Å². The molecule has 35 heavy (non-hydrogen) atoms. The number of methoxy groups -OCH3 is 1. The second-order valence-electron chi connectivity index (χ2n) is 6.77. The van der Waals surface area contributed by atoms with Crippen molar-refractivity contribution in [2.75, 3.05) is 31.3 Å². The molecule has 1 aromatic carbocycles. The molecule has 0 unspecified atom stereocenters. The summed E-state index contributed by atoms with van der Waals surface area (Å²) in [5.41, 5.74) is 7.03. The molecule has 0 atom stereocenters. The lowest BCUT2D eigenvalue weighted by atomic mass is 9.97. The zero-order valence-electron chi connectivity index (χ0n) is 19.3. The van der Waals surface area contributed by atoms with Gasteiger partial charge in [-0.05, 0) is 12.5 Å². The van der Waals surface area contributed by atoms with Gasteiger partial charge in [-0.2, -0.15) is 23.7 Å². The first-order valence-electron chi connectivity index (χ1n) is 10.1. The van der Waals surface area contributed by atoms with Crippen molar-refractivity contribution < 1.29 is 17.9 Å². The van der Waals surface area contributed by atoms with Crippen molar-refractivity contribution in [1.29, 1.82) is 10.5 Å². The highest BCUT2D eigenvalue weighted by atomic mass is 32.2. The number of hydrogen-bond donors (Lipinski definition) is 2. The fourth-order valence-electron chi connectivity index (χ4n) is 2.47. The maximum atomic E-state index is 11.1. The molecule has 0 saturated carbocycles. The third kappa shape index (κ3) is 9.16. The van der Waals surface area contributed by atoms with Gasteiger partial charge in [0.15, 0.2) is 0 Å². The Balaban J connectivity index is 0.000000762. The van der Waals surface area contributed by atoms with Crippen molar-refractivity contribution in [2.45, 2.75) is 18.1 Å². The SMILES string of the molecule is C=C(C)C(F)(F)F.C=CN=C(N)CSc1nc(NCCOC)c(C#N)c(-c2ccccc2)c1C#N. The number of amidine groups is 1. The monoisotopic (exact) mass is 502 g/mol. The van der Waals surface area contributed by atoms with Gasteiger partial charge in [-0.3, -0.25) is 0 Å². The summed E-state index contributed by atoms with van der Waals surface area (Å²) in [5, 5.41) is 23.2. The minimum atomic E-state index is -4.19. The molecule has 0 spiro atoms. The molecule has 1 aromatic heterocycles. The molecule has 2 aromatic rings. The number of nitrogens with two attached hydrogens (primary N) is 1. The van der Waals surface area contributed by atoms with Gasteiger partial charge in [0.1, 0.15) is 34.4 Å². The van der Waals surface area contributed by atoms with Crippen LogP contribution in [0.5, 0.6) is 0 Å². The number of allylic oxidation sites excluding steroid dienone is 1. The van der Waals surface area contributed by atoms with Crippen molar-refractivity contribution in [3.05, 3.63) is 66.4 Å². The molecule has 0 bridgehead atoms. The van der Waals surface area contributed by atoms with Crippen molar-refractivity contribution in [1.82, 2.24) is 4.98 Å². The summed E-state index contributed by atoms with van der Waals surface area (Å²) in [4.78, 5) is 8.45. The van der Waals surface area contributed by atoms with Crippen LogP contribution in [0, 0.1) is 22.7 Å². The Labute approximate surface area is 206 Å². The second kappa shape index (κ2) is 14.5. The van der Waals surface area contributed by atoms with E-state index in [9.17, 15) is 23.7 Å². The van der Waals surface area contributed by atoms with Crippen LogP contribution in [0.15, 0.2) is 65.3 Å². The van der Waals surface area contributed by atoms with Gasteiger partial charge in [0.2, 0.25) is 0 Å². The van der Waals surface area contributed by atoms with Crippen LogP contribution in [-0.2, 0) is 4.74 Å². The van der Waals surface area contributed by atoms with Gasteiger partial charge in [-0.25, -0.2) is 9.98 Å². The molecule has 1 heterocycles. The number of nitriles is 2. The Morgan fingerprint density at radius 3 is 2.34 bits per heavy atom. The Morgan fingerprint density at radius 1 is 1.26 bits per heavy atom. The summed E-state index contributed by atoms with van der Waals surface area (Å²) >= 11 is 1.28. The van der Waals surface area contributed by atoms with E-state index in [0.29, 0.717) is 52.3 Å². The van der Waals surface area contributed by atoms with Gasteiger partial charge in [0, 0.05) is 31.0 Å². The normalized spacial score (nSPS) is 10.9. The van der Waals surface area contributed by atoms with Crippen LogP contribution in [-0.4, -0.2) is 43.0 Å². The third-order valence-corrected chi connectivity index (χ3v) is 5.16. The smallest absolute Gasteiger partial charge is 0.386 e. The van der Waals surface area contributed by atoms with Crippen LogP contribution in [0.25, 0.3) is 11.1 Å². The van der Waals surface area contributed by atoms with Gasteiger partial charge >= 0.3 is 6.18 Å². The number of nitrogens with one attached hydrogen (secondary N) is 1. The molecule has 0 saturated heterocycles. The van der Waals surface area contributed by atoms with Gasteiger partial charge in [0.05, 0.1) is 17.9 Å². The number of rotatable bonds is 9. The zero-order valence-corrected chi connectivity index (χ0v) is 20.1. The number of aliphatic imine (C=N–C) groups is 1. The summed E-state index contributed by atoms with van der Waals surface area (Å²) < 4.78 is 38.3. The van der Waals surface area contributed by atoms with Gasteiger partial charge in [0.25, 0.3) is 0 Å². The average molecular weight is 503 g/mol. The fourth-order valence-corrected chi connectivity index (χ4v) is 3.28. The highest BCUT2D eigenvalue weighted by molar-refractivity contribution is 8.00. The van der Waals surface area contributed by atoms with E-state index in [1.54, 1.807) is 7.11 Å². The van der Waals surface area contributed by atoms with Crippen molar-refractivity contribution in [3.63, 3.8) is 0 Å². The highest BCUT2D eigenvalue weighted by Crippen LogP contribution is 2.36. The van der Waals surface area contributed by atoms with Crippen LogP contribution in [0.2, 0.25) is 0 Å². The molecular formula is C24H25F3N6OS. The first-order valence-corrected chi connectivity index (χ1v) is 11.0. The topological polar surface area (TPSA) is 120 Å². The molecule has 3 N–H and O–H groups in total. The van der Waals surface area contributed by atoms with Crippen LogP contribution in [0.1, 0.15) is 18.1 Å². The molecule has 0 aliphatic rings. The predicted molar refractivity (Wildman–Crippen MR) is 133 cm³/mol. The van der Waals surface area contributed by atoms with Crippen LogP contribution >= 0.6 is 11.8 Å². The van der Waals surface area contributed by atoms with Crippen LogP contribution < -0.4 is 11.1 Å². The quantitative estimate of drug-likeness (QED) is 0.158. The molecular weight excluding hydrogens is 477 g/mol. The van der Waals surface area contributed by atoms with Gasteiger partial charge in [-0.15, -0.1) is 0 Å². The second-order valence-corrected chi connectivity index (χ2v) is 7.73. The minimum absolute atomic E-state index is 0.316. The van der Waals surface area contributed by atoms with Crippen molar-refractivity contribution in [2.24, 2.45) is 10.7 Å². The fraction of sp³-hybridized carbons (Fsp3) is 0.250. The van der Waals surface area contributed by atoms with E-state index in [1.165, 1.54) is 18.0 Å². The molecule has 0 aliphatic carbocycles. The van der Waals surface area contributed by atoms with E-state index >= 15 is 0 Å². The molecule has 0 aliphatic heterocycles. The number of hydrogen-bond acceptors (Lipinski definition) is 7. The summed E-state index contributed by atoms with van der Waals surface area (Å²) in [6.07, 6.45) is -2.83. The van der Waals surface area contributed by atoms with Crippen LogP contribution in [0.3, 0.4) is 0 Å². The Kier molecular flexibility index (Phi) is 12.1. The lowest BCUT2D eigenvalue weighted by Crippen LogP contribution is -2.15. The van der Waals surface area contributed by atoms with Crippen molar-refractivity contribution >= 4 is 23.4 Å². The minimum Gasteiger partial charge on any atom is -0.386 e. The number of thioether (sulfide) groups is 1. The average Bonchev–Trinajstić information content (AvgIpc) is 2.82. The molecule has 184 valence electrons. The lowest BCUT2D eigenvalue weighted by molar-refractivity contribution is -0.0909. The van der Waals surface area contributed by atoms with E-state index in [0.717, 1.165) is 12.5 Å². The Hall–Kier alpha value is -3.80. The summed E-state index contributed by atoms with van der Waals surface area (Å²) in [7, 11) is 1.59. The number of alkyl halides is 3. The first-order chi connectivity index (χ1) is 16.6. The first kappa shape index (κ1) is 29.2. The lowest BCUT2D eigenvalue weighted by Gasteiger charge is -2.16. The maximum Gasteiger partial charge on any atom is 0.411 e. The Bertz CT molecular complexity index is 1140. The number of pyridine rings is 1. The number of nitrogens with zero attached hydrogens (tertiary/aromatic N) is 4. The predicted octanol–water partition coefficient (Wildman–Crippen LogP) is 5.27. The number of anilines is 1. The summed E-state index contributed by atoms with van der Waals surface area (Å²) in [5.74, 6) is 1.11. The molecule has 2 rings (SSSR count). The molecule has 11 heteroatoms. The summed E-state index contributed by atoms with van der Waals surface area (Å²) in [6, 6.07) is 13.7. The molecule has 0 radical (unpaired) electrons. The molecule has 7 nitrogen and oxygen atoms in total. The Morgan fingerprint density at radius 2 is 1.86 bits per heavy atom. The highest BCUT2D eigenvalue weighted by Gasteiger charge is 2.27. The molecule has 0 fully saturated rings. The van der Waals surface area contributed by atoms with E-state index in [4.69, 9.17) is 10.5 Å². The number of halogens is 3. The number of ether oxygens (including phenoxy) is 1. The van der Waals surface area contributed by atoms with E-state index in [1.807, 2.05) is 30.3 Å². The largest absolute Gasteiger partial charge is 0.411 e. The van der Waals surface area contributed by atoms with Crippen molar-refractivity contribution in [3.8, 4) is 23.3 Å². The number of benzene rings is 1. The third-order valence-electron chi connectivity index (χ3n) is 4.15. The maximum absolute atomic E-state index is 11.1. The molecule has 0 amide bonds.